The number of esters is 2. The molecule has 11 heteroatoms. The Labute approximate surface area is 171 Å². The molecule has 2 aromatic rings. The molecule has 0 N–H and O–H groups in total. The molecular formula is C18H17NO8S2. The van der Waals surface area contributed by atoms with Crippen LogP contribution in [0.4, 0.5) is 5.69 Å². The maximum Gasteiger partial charge on any atom is 0.341 e. The largest absolute Gasteiger partial charge is 0.462 e. The van der Waals surface area contributed by atoms with Crippen LogP contribution < -0.4 is 4.74 Å². The molecular weight excluding hydrogens is 422 g/mol. The van der Waals surface area contributed by atoms with Gasteiger partial charge >= 0.3 is 11.9 Å². The fraction of sp³-hybridized carbons (Fsp3) is 0.222. The van der Waals surface area contributed by atoms with Crippen LogP contribution in [0.1, 0.15) is 17.3 Å². The van der Waals surface area contributed by atoms with E-state index in [1.807, 2.05) is 0 Å². The van der Waals surface area contributed by atoms with Crippen molar-refractivity contribution in [3.05, 3.63) is 58.1 Å². The van der Waals surface area contributed by atoms with E-state index >= 15 is 0 Å². The number of carbonyl (C=O) groups excluding carboxylic acids is 2. The zero-order valence-corrected chi connectivity index (χ0v) is 17.1. The SMILES string of the molecule is CCOC(=O)c1ccccc1OC(=O)CSc1ccc(S(C)(=O)=O)cc1[N+](=O)[O-]. The van der Waals surface area contributed by atoms with Gasteiger partial charge < -0.3 is 9.47 Å². The first-order chi connectivity index (χ1) is 13.6. The monoisotopic (exact) mass is 439 g/mol. The van der Waals surface area contributed by atoms with Gasteiger partial charge in [0.2, 0.25) is 0 Å². The Hall–Kier alpha value is -2.92. The highest BCUT2D eigenvalue weighted by molar-refractivity contribution is 8.00. The molecule has 0 aliphatic heterocycles. The van der Waals surface area contributed by atoms with Crippen LogP contribution in [0.5, 0.6) is 5.75 Å². The Morgan fingerprint density at radius 3 is 2.48 bits per heavy atom. The standard InChI is InChI=1S/C18H17NO8S2/c1-3-26-18(21)13-6-4-5-7-15(13)27-17(20)11-28-16-9-8-12(29(2,24)25)10-14(16)19(22)23/h4-10H,3,11H2,1-2H3. The van der Waals surface area contributed by atoms with Crippen LogP contribution in [0.25, 0.3) is 0 Å². The minimum absolute atomic E-state index is 0.0125. The molecule has 0 heterocycles. The molecule has 0 saturated carbocycles. The van der Waals surface area contributed by atoms with Gasteiger partial charge in [-0.2, -0.15) is 0 Å². The Bertz CT molecular complexity index is 1050. The van der Waals surface area contributed by atoms with E-state index in [-0.39, 0.29) is 33.5 Å². The average Bonchev–Trinajstić information content (AvgIpc) is 2.66. The summed E-state index contributed by atoms with van der Waals surface area (Å²) in [7, 11) is -3.61. The van der Waals surface area contributed by atoms with Crippen molar-refractivity contribution in [2.45, 2.75) is 16.7 Å². The number of para-hydroxylation sites is 1. The third kappa shape index (κ3) is 6.03. The second-order valence-corrected chi connectivity index (χ2v) is 8.67. The van der Waals surface area contributed by atoms with Crippen molar-refractivity contribution in [2.75, 3.05) is 18.6 Å². The van der Waals surface area contributed by atoms with Gasteiger partial charge in [-0.1, -0.05) is 12.1 Å². The second-order valence-electron chi connectivity index (χ2n) is 5.64. The molecule has 2 aromatic carbocycles. The van der Waals surface area contributed by atoms with E-state index in [0.717, 1.165) is 24.1 Å². The molecule has 2 rings (SSSR count). The molecule has 0 bridgehead atoms. The van der Waals surface area contributed by atoms with Crippen LogP contribution in [0.2, 0.25) is 0 Å². The minimum Gasteiger partial charge on any atom is -0.462 e. The smallest absolute Gasteiger partial charge is 0.341 e. The maximum absolute atomic E-state index is 12.2. The predicted molar refractivity (Wildman–Crippen MR) is 105 cm³/mol. The summed E-state index contributed by atoms with van der Waals surface area (Å²) in [4.78, 5) is 34.5. The lowest BCUT2D eigenvalue weighted by atomic mass is 10.2. The van der Waals surface area contributed by atoms with Crippen LogP contribution >= 0.6 is 11.8 Å². The average molecular weight is 439 g/mol. The van der Waals surface area contributed by atoms with Crippen molar-refractivity contribution in [2.24, 2.45) is 0 Å². The Kier molecular flexibility index (Phi) is 7.35. The number of nitro groups is 1. The first-order valence-corrected chi connectivity index (χ1v) is 11.1. The fourth-order valence-corrected chi connectivity index (χ4v) is 3.63. The summed E-state index contributed by atoms with van der Waals surface area (Å²) in [6.45, 7) is 1.80. The molecule has 0 unspecified atom stereocenters. The van der Waals surface area contributed by atoms with E-state index in [4.69, 9.17) is 9.47 Å². The number of hydrogen-bond acceptors (Lipinski definition) is 9. The highest BCUT2D eigenvalue weighted by Gasteiger charge is 2.21. The topological polar surface area (TPSA) is 130 Å². The molecule has 154 valence electrons. The summed E-state index contributed by atoms with van der Waals surface area (Å²) in [5, 5.41) is 11.2. The number of nitro benzene ring substituents is 1. The molecule has 0 fully saturated rings. The Morgan fingerprint density at radius 2 is 1.86 bits per heavy atom. The molecule has 0 atom stereocenters. The second kappa shape index (κ2) is 9.52. The van der Waals surface area contributed by atoms with Crippen LogP contribution in [0, 0.1) is 10.1 Å². The number of rotatable bonds is 8. The molecule has 0 spiro atoms. The number of ether oxygens (including phenoxy) is 2. The van der Waals surface area contributed by atoms with E-state index in [1.54, 1.807) is 19.1 Å². The third-order valence-electron chi connectivity index (χ3n) is 3.51. The lowest BCUT2D eigenvalue weighted by Crippen LogP contribution is -2.14. The van der Waals surface area contributed by atoms with Crippen LogP contribution in [-0.2, 0) is 19.4 Å². The third-order valence-corrected chi connectivity index (χ3v) is 5.65. The molecule has 29 heavy (non-hydrogen) atoms. The van der Waals surface area contributed by atoms with Crippen molar-refractivity contribution < 1.29 is 32.4 Å². The molecule has 0 aromatic heterocycles. The minimum atomic E-state index is -3.61. The summed E-state index contributed by atoms with van der Waals surface area (Å²) in [6.07, 6.45) is 0.942. The lowest BCUT2D eigenvalue weighted by Gasteiger charge is -2.09. The lowest BCUT2D eigenvalue weighted by molar-refractivity contribution is -0.388. The van der Waals surface area contributed by atoms with E-state index in [0.29, 0.717) is 0 Å². The van der Waals surface area contributed by atoms with Gasteiger partial charge in [0.25, 0.3) is 5.69 Å². The zero-order chi connectivity index (χ0) is 21.6. The predicted octanol–water partition coefficient (Wildman–Crippen LogP) is 2.87. The zero-order valence-electron chi connectivity index (χ0n) is 15.5. The van der Waals surface area contributed by atoms with Crippen molar-refractivity contribution in [3.63, 3.8) is 0 Å². The number of sulfone groups is 1. The van der Waals surface area contributed by atoms with Gasteiger partial charge in [0.05, 0.1) is 27.1 Å². The number of carbonyl (C=O) groups is 2. The van der Waals surface area contributed by atoms with Gasteiger partial charge in [-0.3, -0.25) is 14.9 Å². The van der Waals surface area contributed by atoms with Gasteiger partial charge in [-0.15, -0.1) is 11.8 Å². The first-order valence-electron chi connectivity index (χ1n) is 8.21. The number of benzene rings is 2. The van der Waals surface area contributed by atoms with Crippen molar-refractivity contribution in [1.29, 1.82) is 0 Å². The molecule has 0 amide bonds. The quantitative estimate of drug-likeness (QED) is 0.200. The first kappa shape index (κ1) is 22.4. The van der Waals surface area contributed by atoms with Crippen LogP contribution in [-0.4, -0.2) is 43.9 Å². The van der Waals surface area contributed by atoms with E-state index in [2.05, 4.69) is 0 Å². The van der Waals surface area contributed by atoms with Gasteiger partial charge in [0.15, 0.2) is 9.84 Å². The van der Waals surface area contributed by atoms with Gasteiger partial charge in [-0.05, 0) is 31.2 Å². The molecule has 0 aliphatic carbocycles. The van der Waals surface area contributed by atoms with Crippen molar-refractivity contribution in [1.82, 2.24) is 0 Å². The van der Waals surface area contributed by atoms with E-state index in [1.165, 1.54) is 24.3 Å². The van der Waals surface area contributed by atoms with Gasteiger partial charge in [0.1, 0.15) is 11.3 Å². The van der Waals surface area contributed by atoms with Crippen molar-refractivity contribution in [3.8, 4) is 5.75 Å². The highest BCUT2D eigenvalue weighted by atomic mass is 32.2. The summed E-state index contributed by atoms with van der Waals surface area (Å²) in [6, 6.07) is 9.48. The fourth-order valence-electron chi connectivity index (χ4n) is 2.21. The van der Waals surface area contributed by atoms with Crippen LogP contribution in [0.15, 0.2) is 52.3 Å². The Balaban J connectivity index is 2.14. The highest BCUT2D eigenvalue weighted by Crippen LogP contribution is 2.31. The number of thioether (sulfide) groups is 1. The summed E-state index contributed by atoms with van der Waals surface area (Å²) in [5.74, 6) is -1.67. The maximum atomic E-state index is 12.2. The molecule has 0 aliphatic rings. The van der Waals surface area contributed by atoms with E-state index < -0.39 is 32.4 Å². The molecule has 0 radical (unpaired) electrons. The molecule has 0 saturated heterocycles. The summed E-state index contributed by atoms with van der Waals surface area (Å²) in [5.41, 5.74) is -0.353. The number of nitrogens with zero attached hydrogens (tertiary/aromatic N) is 1. The summed E-state index contributed by atoms with van der Waals surface area (Å²) >= 11 is 0.819. The van der Waals surface area contributed by atoms with Crippen LogP contribution in [0.3, 0.4) is 0 Å². The van der Waals surface area contributed by atoms with Gasteiger partial charge in [0, 0.05) is 12.3 Å². The summed E-state index contributed by atoms with van der Waals surface area (Å²) < 4.78 is 33.2. The molecule has 9 nitrogen and oxygen atoms in total. The number of hydrogen-bond donors (Lipinski definition) is 0. The Morgan fingerprint density at radius 1 is 1.17 bits per heavy atom. The normalized spacial score (nSPS) is 11.0. The van der Waals surface area contributed by atoms with Gasteiger partial charge in [-0.25, -0.2) is 13.2 Å². The van der Waals surface area contributed by atoms with E-state index in [9.17, 15) is 28.1 Å². The van der Waals surface area contributed by atoms with Crippen molar-refractivity contribution >= 4 is 39.2 Å².